The number of carbonyl (C=O) groups is 2. The molecule has 3 rings (SSSR count). The minimum atomic E-state index is -3.90. The van der Waals surface area contributed by atoms with Gasteiger partial charge < -0.3 is 14.8 Å². The summed E-state index contributed by atoms with van der Waals surface area (Å²) in [5, 5.41) is 7.50. The summed E-state index contributed by atoms with van der Waals surface area (Å²) in [6, 6.07) is 20.8. The number of nitrogens with two attached hydrogens (primary N) is 1. The molecule has 3 aromatic carbocycles. The molecule has 3 N–H and O–H groups in total. The van der Waals surface area contributed by atoms with Crippen LogP contribution in [0.2, 0.25) is 0 Å². The van der Waals surface area contributed by atoms with Crippen molar-refractivity contribution in [2.45, 2.75) is 4.90 Å². The number of esters is 1. The molecule has 3 aromatic rings. The van der Waals surface area contributed by atoms with Crippen molar-refractivity contribution in [3.05, 3.63) is 84.4 Å². The summed E-state index contributed by atoms with van der Waals surface area (Å²) >= 11 is 0. The Morgan fingerprint density at radius 1 is 0.867 bits per heavy atom. The van der Waals surface area contributed by atoms with Crippen LogP contribution in [-0.2, 0) is 19.6 Å². The lowest BCUT2D eigenvalue weighted by atomic mass is 10.2. The number of hydrogen-bond donors (Lipinski definition) is 2. The highest BCUT2D eigenvalue weighted by molar-refractivity contribution is 7.89. The molecule has 0 aromatic heterocycles. The van der Waals surface area contributed by atoms with Gasteiger partial charge in [-0.1, -0.05) is 30.3 Å². The monoisotopic (exact) mass is 426 g/mol. The van der Waals surface area contributed by atoms with Crippen LogP contribution in [0.15, 0.2) is 83.8 Å². The van der Waals surface area contributed by atoms with E-state index in [1.54, 1.807) is 24.3 Å². The molecule has 0 bridgehead atoms. The van der Waals surface area contributed by atoms with Crippen LogP contribution in [0.3, 0.4) is 0 Å². The largest absolute Gasteiger partial charge is 0.457 e. The number of ether oxygens (including phenoxy) is 2. The maximum absolute atomic E-state index is 12.2. The number of primary sulfonamides is 1. The lowest BCUT2D eigenvalue weighted by Crippen LogP contribution is -2.21. The van der Waals surface area contributed by atoms with Gasteiger partial charge in [-0.05, 0) is 48.5 Å². The van der Waals surface area contributed by atoms with Gasteiger partial charge >= 0.3 is 5.97 Å². The predicted octanol–water partition coefficient (Wildman–Crippen LogP) is 2.92. The van der Waals surface area contributed by atoms with E-state index in [4.69, 9.17) is 14.6 Å². The maximum atomic E-state index is 12.2. The Bertz CT molecular complexity index is 1160. The fourth-order valence-corrected chi connectivity index (χ4v) is 3.03. The molecule has 0 aliphatic rings. The first-order valence-electron chi connectivity index (χ1n) is 8.74. The fourth-order valence-electron chi connectivity index (χ4n) is 2.47. The van der Waals surface area contributed by atoms with E-state index in [0.29, 0.717) is 11.5 Å². The van der Waals surface area contributed by atoms with Gasteiger partial charge in [0.25, 0.3) is 5.91 Å². The molecular weight excluding hydrogens is 408 g/mol. The van der Waals surface area contributed by atoms with E-state index in [1.807, 2.05) is 18.2 Å². The van der Waals surface area contributed by atoms with Crippen LogP contribution in [-0.4, -0.2) is 26.9 Å². The minimum absolute atomic E-state index is 0.146. The zero-order valence-corrected chi connectivity index (χ0v) is 16.5. The molecule has 1 amide bonds. The molecule has 154 valence electrons. The van der Waals surface area contributed by atoms with Crippen LogP contribution >= 0.6 is 0 Å². The molecule has 0 spiro atoms. The molecule has 0 saturated heterocycles. The molecule has 9 heteroatoms. The predicted molar refractivity (Wildman–Crippen MR) is 110 cm³/mol. The molecule has 0 heterocycles. The lowest BCUT2D eigenvalue weighted by Gasteiger charge is -2.09. The van der Waals surface area contributed by atoms with Crippen LogP contribution in [0.5, 0.6) is 11.5 Å². The van der Waals surface area contributed by atoms with Crippen molar-refractivity contribution in [1.29, 1.82) is 0 Å². The van der Waals surface area contributed by atoms with Crippen molar-refractivity contribution in [2.75, 3.05) is 11.9 Å². The third kappa shape index (κ3) is 5.90. The van der Waals surface area contributed by atoms with E-state index in [1.165, 1.54) is 36.4 Å². The number of para-hydroxylation sites is 1. The van der Waals surface area contributed by atoms with Crippen LogP contribution in [0.25, 0.3) is 0 Å². The van der Waals surface area contributed by atoms with Gasteiger partial charge in [0.1, 0.15) is 11.5 Å². The standard InChI is InChI=1S/C21H18N2O6S/c22-30(26,27)19-11-5-7-16(13-19)23-20(24)14-28-21(25)15-6-4-10-18(12-15)29-17-8-2-1-3-9-17/h1-13H,14H2,(H,23,24)(H2,22,26,27). The zero-order chi connectivity index (χ0) is 21.6. The third-order valence-corrected chi connectivity index (χ3v) is 4.74. The number of nitrogens with one attached hydrogen (secondary N) is 1. The van der Waals surface area contributed by atoms with E-state index in [2.05, 4.69) is 5.32 Å². The Balaban J connectivity index is 1.58. The molecule has 0 fully saturated rings. The van der Waals surface area contributed by atoms with Crippen molar-refractivity contribution < 1.29 is 27.5 Å². The Morgan fingerprint density at radius 2 is 1.57 bits per heavy atom. The summed E-state index contributed by atoms with van der Waals surface area (Å²) in [6.45, 7) is -0.553. The summed E-state index contributed by atoms with van der Waals surface area (Å²) in [5.41, 5.74) is 0.424. The van der Waals surface area contributed by atoms with Crippen LogP contribution in [0.1, 0.15) is 10.4 Å². The van der Waals surface area contributed by atoms with Gasteiger partial charge in [-0.2, -0.15) is 0 Å². The summed E-state index contributed by atoms with van der Waals surface area (Å²) in [5.74, 6) is -0.280. The zero-order valence-electron chi connectivity index (χ0n) is 15.6. The van der Waals surface area contributed by atoms with E-state index >= 15 is 0 Å². The van der Waals surface area contributed by atoms with Crippen molar-refractivity contribution in [1.82, 2.24) is 0 Å². The first-order valence-corrected chi connectivity index (χ1v) is 10.3. The van der Waals surface area contributed by atoms with Crippen LogP contribution in [0.4, 0.5) is 5.69 Å². The van der Waals surface area contributed by atoms with E-state index in [-0.39, 0.29) is 16.1 Å². The molecular formula is C21H18N2O6S. The highest BCUT2D eigenvalue weighted by Crippen LogP contribution is 2.22. The number of rotatable bonds is 7. The second-order valence-corrected chi connectivity index (χ2v) is 7.70. The third-order valence-electron chi connectivity index (χ3n) is 3.83. The number of sulfonamides is 1. The van der Waals surface area contributed by atoms with Gasteiger partial charge in [0, 0.05) is 5.69 Å². The van der Waals surface area contributed by atoms with Crippen molar-refractivity contribution in [3.63, 3.8) is 0 Å². The SMILES string of the molecule is NS(=O)(=O)c1cccc(NC(=O)COC(=O)c2cccc(Oc3ccccc3)c2)c1. The molecule has 8 nitrogen and oxygen atoms in total. The fraction of sp³-hybridized carbons (Fsp3) is 0.0476. The number of anilines is 1. The van der Waals surface area contributed by atoms with Crippen LogP contribution in [0, 0.1) is 0 Å². The Labute approximate surface area is 173 Å². The Morgan fingerprint density at radius 3 is 2.30 bits per heavy atom. The molecule has 0 atom stereocenters. The summed E-state index contributed by atoms with van der Waals surface area (Å²) in [4.78, 5) is 24.1. The lowest BCUT2D eigenvalue weighted by molar-refractivity contribution is -0.119. The quantitative estimate of drug-likeness (QED) is 0.560. The first-order chi connectivity index (χ1) is 14.3. The Kier molecular flexibility index (Phi) is 6.45. The van der Waals surface area contributed by atoms with E-state index in [9.17, 15) is 18.0 Å². The molecule has 0 unspecified atom stereocenters. The van der Waals surface area contributed by atoms with E-state index in [0.717, 1.165) is 0 Å². The smallest absolute Gasteiger partial charge is 0.338 e. The summed E-state index contributed by atoms with van der Waals surface area (Å²) in [7, 11) is -3.90. The highest BCUT2D eigenvalue weighted by Gasteiger charge is 2.13. The average molecular weight is 426 g/mol. The molecule has 0 aliphatic heterocycles. The molecule has 0 saturated carbocycles. The number of carbonyl (C=O) groups excluding carboxylic acids is 2. The second-order valence-electron chi connectivity index (χ2n) is 6.14. The Hall–Kier alpha value is -3.69. The van der Waals surface area contributed by atoms with Gasteiger partial charge in [0.15, 0.2) is 6.61 Å². The number of hydrogen-bond acceptors (Lipinski definition) is 6. The normalized spacial score (nSPS) is 10.8. The van der Waals surface area contributed by atoms with Gasteiger partial charge in [-0.15, -0.1) is 0 Å². The van der Waals surface area contributed by atoms with Gasteiger partial charge in [0.05, 0.1) is 10.5 Å². The van der Waals surface area contributed by atoms with Crippen molar-refractivity contribution in [3.8, 4) is 11.5 Å². The topological polar surface area (TPSA) is 125 Å². The number of benzene rings is 3. The second kappa shape index (κ2) is 9.21. The minimum Gasteiger partial charge on any atom is -0.457 e. The van der Waals surface area contributed by atoms with Gasteiger partial charge in [-0.25, -0.2) is 18.4 Å². The van der Waals surface area contributed by atoms with Crippen LogP contribution < -0.4 is 15.2 Å². The summed E-state index contributed by atoms with van der Waals surface area (Å²) < 4.78 is 33.4. The first kappa shape index (κ1) is 21.0. The molecule has 0 aliphatic carbocycles. The molecule has 0 radical (unpaired) electrons. The maximum Gasteiger partial charge on any atom is 0.338 e. The van der Waals surface area contributed by atoms with Crippen molar-refractivity contribution >= 4 is 27.6 Å². The van der Waals surface area contributed by atoms with Crippen molar-refractivity contribution in [2.24, 2.45) is 5.14 Å². The number of amides is 1. The summed E-state index contributed by atoms with van der Waals surface area (Å²) in [6.07, 6.45) is 0. The molecule has 30 heavy (non-hydrogen) atoms. The van der Waals surface area contributed by atoms with Gasteiger partial charge in [-0.3, -0.25) is 4.79 Å². The van der Waals surface area contributed by atoms with Gasteiger partial charge in [0.2, 0.25) is 10.0 Å². The van der Waals surface area contributed by atoms with E-state index < -0.39 is 28.5 Å². The highest BCUT2D eigenvalue weighted by atomic mass is 32.2. The average Bonchev–Trinajstić information content (AvgIpc) is 2.72.